The maximum absolute atomic E-state index is 13.0. The zero-order chi connectivity index (χ0) is 16.9. The summed E-state index contributed by atoms with van der Waals surface area (Å²) >= 11 is 12.1. The van der Waals surface area contributed by atoms with Crippen LogP contribution in [0.3, 0.4) is 0 Å². The van der Waals surface area contributed by atoms with E-state index in [0.29, 0.717) is 19.5 Å². The first-order chi connectivity index (χ1) is 11.0. The Morgan fingerprint density at radius 3 is 2.29 bits per heavy atom. The predicted molar refractivity (Wildman–Crippen MR) is 101 cm³/mol. The SMILES string of the molecule is Cl.NCCCN(Cc1ccccc1)S(=O)(=O)c1cccc(Cl)c1Cl. The van der Waals surface area contributed by atoms with E-state index in [2.05, 4.69) is 0 Å². The smallest absolute Gasteiger partial charge is 0.244 e. The third-order valence-corrected chi connectivity index (χ3v) is 6.17. The van der Waals surface area contributed by atoms with E-state index in [1.165, 1.54) is 10.4 Å². The Labute approximate surface area is 159 Å². The summed E-state index contributed by atoms with van der Waals surface area (Å²) in [5.41, 5.74) is 6.43. The second kappa shape index (κ2) is 9.61. The molecule has 0 heterocycles. The number of halogens is 3. The topological polar surface area (TPSA) is 63.4 Å². The fourth-order valence-corrected chi connectivity index (χ4v) is 4.36. The second-order valence-electron chi connectivity index (χ2n) is 5.02. The zero-order valence-corrected chi connectivity index (χ0v) is 16.0. The third-order valence-electron chi connectivity index (χ3n) is 3.35. The molecule has 2 aromatic carbocycles. The summed E-state index contributed by atoms with van der Waals surface area (Å²) in [4.78, 5) is 0.0135. The Bertz CT molecular complexity index is 755. The lowest BCUT2D eigenvalue weighted by Crippen LogP contribution is -2.32. The minimum absolute atomic E-state index is 0. The van der Waals surface area contributed by atoms with E-state index in [1.807, 2.05) is 30.3 Å². The summed E-state index contributed by atoms with van der Waals surface area (Å²) in [6.07, 6.45) is 0.560. The molecule has 0 aliphatic rings. The van der Waals surface area contributed by atoms with Crippen LogP contribution in [0.25, 0.3) is 0 Å². The van der Waals surface area contributed by atoms with Crippen LogP contribution in [0.1, 0.15) is 12.0 Å². The molecule has 0 bridgehead atoms. The Morgan fingerprint density at radius 2 is 1.67 bits per heavy atom. The lowest BCUT2D eigenvalue weighted by molar-refractivity contribution is 0.402. The molecule has 0 amide bonds. The van der Waals surface area contributed by atoms with Crippen molar-refractivity contribution in [2.75, 3.05) is 13.1 Å². The van der Waals surface area contributed by atoms with Gasteiger partial charge in [0.1, 0.15) is 4.90 Å². The molecule has 2 aromatic rings. The van der Waals surface area contributed by atoms with Gasteiger partial charge in [-0.05, 0) is 30.7 Å². The maximum Gasteiger partial charge on any atom is 0.244 e. The largest absolute Gasteiger partial charge is 0.330 e. The standard InChI is InChI=1S/C16H18Cl2N2O2S.ClH/c17-14-8-4-9-15(16(14)18)23(21,22)20(11-5-10-19)12-13-6-2-1-3-7-13;/h1-4,6-9H,5,10-12,19H2;1H. The van der Waals surface area contributed by atoms with Crippen molar-refractivity contribution in [2.24, 2.45) is 5.73 Å². The molecule has 0 unspecified atom stereocenters. The molecule has 0 aromatic heterocycles. The molecular weight excluding hydrogens is 391 g/mol. The van der Waals surface area contributed by atoms with Crippen molar-refractivity contribution in [3.8, 4) is 0 Å². The summed E-state index contributed by atoms with van der Waals surface area (Å²) in [5.74, 6) is 0. The number of sulfonamides is 1. The van der Waals surface area contributed by atoms with Crippen LogP contribution in [-0.2, 0) is 16.6 Å². The number of hydrogen-bond donors (Lipinski definition) is 1. The average molecular weight is 410 g/mol. The first-order valence-electron chi connectivity index (χ1n) is 7.15. The molecule has 2 rings (SSSR count). The summed E-state index contributed by atoms with van der Waals surface area (Å²) < 4.78 is 27.3. The molecule has 4 nitrogen and oxygen atoms in total. The average Bonchev–Trinajstić information content (AvgIpc) is 2.54. The van der Waals surface area contributed by atoms with Gasteiger partial charge in [-0.1, -0.05) is 59.6 Å². The van der Waals surface area contributed by atoms with Gasteiger partial charge in [-0.2, -0.15) is 4.31 Å². The Kier molecular flexibility index (Phi) is 8.50. The molecule has 132 valence electrons. The van der Waals surface area contributed by atoms with Crippen LogP contribution in [0.2, 0.25) is 10.0 Å². The van der Waals surface area contributed by atoms with Crippen molar-refractivity contribution in [1.29, 1.82) is 0 Å². The number of benzene rings is 2. The molecule has 0 atom stereocenters. The van der Waals surface area contributed by atoms with Gasteiger partial charge >= 0.3 is 0 Å². The highest BCUT2D eigenvalue weighted by Crippen LogP contribution is 2.31. The first kappa shape index (κ1) is 21.2. The fraction of sp³-hybridized carbons (Fsp3) is 0.250. The number of hydrogen-bond acceptors (Lipinski definition) is 3. The molecule has 0 fully saturated rings. The van der Waals surface area contributed by atoms with Crippen molar-refractivity contribution >= 4 is 45.6 Å². The Balaban J connectivity index is 0.00000288. The third kappa shape index (κ3) is 5.09. The summed E-state index contributed by atoms with van der Waals surface area (Å²) in [6, 6.07) is 14.0. The highest BCUT2D eigenvalue weighted by molar-refractivity contribution is 7.89. The molecule has 2 N–H and O–H groups in total. The molecule has 0 saturated heterocycles. The second-order valence-corrected chi connectivity index (χ2v) is 7.71. The normalized spacial score (nSPS) is 11.3. The van der Waals surface area contributed by atoms with Crippen LogP contribution in [0, 0.1) is 0 Å². The highest BCUT2D eigenvalue weighted by Gasteiger charge is 2.27. The van der Waals surface area contributed by atoms with Crippen LogP contribution >= 0.6 is 35.6 Å². The molecule has 0 spiro atoms. The minimum Gasteiger partial charge on any atom is -0.330 e. The number of rotatable bonds is 7. The molecule has 8 heteroatoms. The van der Waals surface area contributed by atoms with Crippen molar-refractivity contribution in [2.45, 2.75) is 17.9 Å². The van der Waals surface area contributed by atoms with Gasteiger partial charge in [0, 0.05) is 13.1 Å². The lowest BCUT2D eigenvalue weighted by atomic mass is 10.2. The van der Waals surface area contributed by atoms with Crippen LogP contribution in [-0.4, -0.2) is 25.8 Å². The van der Waals surface area contributed by atoms with E-state index >= 15 is 0 Å². The quantitative estimate of drug-likeness (QED) is 0.753. The molecular formula is C16H19Cl3N2O2S. The van der Waals surface area contributed by atoms with Gasteiger partial charge in [-0.3, -0.25) is 0 Å². The fourth-order valence-electron chi connectivity index (χ4n) is 2.16. The Morgan fingerprint density at radius 1 is 1.00 bits per heavy atom. The van der Waals surface area contributed by atoms with Crippen LogP contribution in [0.4, 0.5) is 0 Å². The maximum atomic E-state index is 13.0. The van der Waals surface area contributed by atoms with Crippen molar-refractivity contribution in [1.82, 2.24) is 4.31 Å². The van der Waals surface area contributed by atoms with Crippen molar-refractivity contribution in [3.63, 3.8) is 0 Å². The predicted octanol–water partition coefficient (Wildman–Crippen LogP) is 3.95. The van der Waals surface area contributed by atoms with Crippen LogP contribution in [0.5, 0.6) is 0 Å². The van der Waals surface area contributed by atoms with Gasteiger partial charge in [0.2, 0.25) is 10.0 Å². The molecule has 0 saturated carbocycles. The molecule has 24 heavy (non-hydrogen) atoms. The van der Waals surface area contributed by atoms with E-state index in [-0.39, 0.29) is 33.9 Å². The van der Waals surface area contributed by atoms with Crippen LogP contribution < -0.4 is 5.73 Å². The molecule has 0 aliphatic heterocycles. The number of nitrogens with zero attached hydrogens (tertiary/aromatic N) is 1. The molecule has 0 aliphatic carbocycles. The minimum atomic E-state index is -3.76. The summed E-state index contributed by atoms with van der Waals surface area (Å²) in [5, 5.41) is 0.256. The Hall–Kier alpha value is -0.820. The first-order valence-corrected chi connectivity index (χ1v) is 9.34. The monoisotopic (exact) mass is 408 g/mol. The van der Waals surface area contributed by atoms with E-state index in [4.69, 9.17) is 28.9 Å². The van der Waals surface area contributed by atoms with E-state index in [1.54, 1.807) is 12.1 Å². The van der Waals surface area contributed by atoms with Gasteiger partial charge in [-0.25, -0.2) is 8.42 Å². The van der Waals surface area contributed by atoms with E-state index in [9.17, 15) is 8.42 Å². The zero-order valence-electron chi connectivity index (χ0n) is 12.9. The van der Waals surface area contributed by atoms with Crippen molar-refractivity contribution in [3.05, 3.63) is 64.1 Å². The van der Waals surface area contributed by atoms with Gasteiger partial charge in [0.05, 0.1) is 10.0 Å². The van der Waals surface area contributed by atoms with E-state index < -0.39 is 10.0 Å². The van der Waals surface area contributed by atoms with Crippen molar-refractivity contribution < 1.29 is 8.42 Å². The summed E-state index contributed by atoms with van der Waals surface area (Å²) in [7, 11) is -3.76. The summed E-state index contributed by atoms with van der Waals surface area (Å²) in [6.45, 7) is 0.979. The van der Waals surface area contributed by atoms with Crippen LogP contribution in [0.15, 0.2) is 53.4 Å². The highest BCUT2D eigenvalue weighted by atomic mass is 35.5. The molecule has 0 radical (unpaired) electrons. The van der Waals surface area contributed by atoms with Gasteiger partial charge in [0.15, 0.2) is 0 Å². The van der Waals surface area contributed by atoms with Gasteiger partial charge in [-0.15, -0.1) is 12.4 Å². The van der Waals surface area contributed by atoms with Gasteiger partial charge < -0.3 is 5.73 Å². The van der Waals surface area contributed by atoms with Gasteiger partial charge in [0.25, 0.3) is 0 Å². The number of nitrogens with two attached hydrogens (primary N) is 1. The van der Waals surface area contributed by atoms with E-state index in [0.717, 1.165) is 5.56 Å². The lowest BCUT2D eigenvalue weighted by Gasteiger charge is -2.23.